The molecule has 1 aromatic rings. The summed E-state index contributed by atoms with van der Waals surface area (Å²) >= 11 is 3.41. The van der Waals surface area contributed by atoms with E-state index in [0.717, 1.165) is 17.6 Å². The third-order valence-electron chi connectivity index (χ3n) is 2.03. The molecule has 2 nitrogen and oxygen atoms in total. The van der Waals surface area contributed by atoms with Gasteiger partial charge in [-0.05, 0) is 18.9 Å². The number of alkyl halides is 1. The molecule has 0 spiro atoms. The van der Waals surface area contributed by atoms with Crippen LogP contribution < -0.4 is 5.56 Å². The molecule has 1 unspecified atom stereocenters. The van der Waals surface area contributed by atoms with E-state index in [1.165, 1.54) is 0 Å². The Labute approximate surface area is 86.7 Å². The molecule has 0 aliphatic heterocycles. The van der Waals surface area contributed by atoms with Crippen LogP contribution in [0.2, 0.25) is 0 Å². The first kappa shape index (κ1) is 10.5. The topological polar surface area (TPSA) is 22.0 Å². The van der Waals surface area contributed by atoms with Crippen LogP contribution >= 0.6 is 15.9 Å². The van der Waals surface area contributed by atoms with Gasteiger partial charge in [0.25, 0.3) is 5.56 Å². The number of pyridine rings is 1. The second kappa shape index (κ2) is 4.61. The molecule has 0 aromatic carbocycles. The molecule has 1 heterocycles. The van der Waals surface area contributed by atoms with Gasteiger partial charge in [0, 0.05) is 23.6 Å². The lowest BCUT2D eigenvalue weighted by Crippen LogP contribution is -2.24. The maximum Gasteiger partial charge on any atom is 0.250 e. The molecule has 0 N–H and O–H groups in total. The molecule has 0 fully saturated rings. The second-order valence-electron chi connectivity index (χ2n) is 3.38. The van der Waals surface area contributed by atoms with E-state index >= 15 is 0 Å². The van der Waals surface area contributed by atoms with Crippen molar-refractivity contribution in [2.45, 2.75) is 20.4 Å². The Morgan fingerprint density at radius 2 is 2.23 bits per heavy atom. The van der Waals surface area contributed by atoms with Gasteiger partial charge in [0.1, 0.15) is 0 Å². The summed E-state index contributed by atoms with van der Waals surface area (Å²) in [5.74, 6) is 0.485. The van der Waals surface area contributed by atoms with Crippen molar-refractivity contribution in [3.63, 3.8) is 0 Å². The lowest BCUT2D eigenvalue weighted by Gasteiger charge is -2.12. The zero-order valence-corrected chi connectivity index (χ0v) is 9.54. The van der Waals surface area contributed by atoms with Gasteiger partial charge in [-0.2, -0.15) is 0 Å². The average Bonchev–Trinajstić information content (AvgIpc) is 2.11. The van der Waals surface area contributed by atoms with Crippen LogP contribution in [-0.2, 0) is 6.54 Å². The normalized spacial score (nSPS) is 12.8. The minimum absolute atomic E-state index is 0.0906. The van der Waals surface area contributed by atoms with Gasteiger partial charge in [-0.1, -0.05) is 28.9 Å². The molecule has 0 aliphatic carbocycles. The van der Waals surface area contributed by atoms with Gasteiger partial charge in [-0.25, -0.2) is 0 Å². The first-order valence-corrected chi connectivity index (χ1v) is 5.49. The molecule has 0 radical (unpaired) electrons. The van der Waals surface area contributed by atoms with Crippen molar-refractivity contribution in [3.05, 3.63) is 34.2 Å². The van der Waals surface area contributed by atoms with Crippen LogP contribution in [0.25, 0.3) is 0 Å². The van der Waals surface area contributed by atoms with Gasteiger partial charge in [0.15, 0.2) is 0 Å². The molecule has 1 aromatic heterocycles. The zero-order valence-electron chi connectivity index (χ0n) is 7.96. The SMILES string of the molecule is Cc1cccc(=O)n1CC(C)CBr. The summed E-state index contributed by atoms with van der Waals surface area (Å²) in [6.07, 6.45) is 0. The summed E-state index contributed by atoms with van der Waals surface area (Å²) in [6.45, 7) is 4.87. The number of rotatable bonds is 3. The summed E-state index contributed by atoms with van der Waals surface area (Å²) in [5, 5.41) is 0.924. The van der Waals surface area contributed by atoms with E-state index in [1.807, 2.05) is 17.6 Å². The van der Waals surface area contributed by atoms with Crippen molar-refractivity contribution in [2.24, 2.45) is 5.92 Å². The van der Waals surface area contributed by atoms with Gasteiger partial charge < -0.3 is 4.57 Å². The minimum Gasteiger partial charge on any atom is -0.313 e. The first-order chi connectivity index (χ1) is 6.15. The zero-order chi connectivity index (χ0) is 9.84. The average molecular weight is 244 g/mol. The molecule has 0 saturated heterocycles. The number of hydrogen-bond donors (Lipinski definition) is 0. The lowest BCUT2D eigenvalue weighted by molar-refractivity contribution is 0.511. The van der Waals surface area contributed by atoms with Crippen LogP contribution in [0, 0.1) is 12.8 Å². The van der Waals surface area contributed by atoms with Crippen LogP contribution in [0.1, 0.15) is 12.6 Å². The number of hydrogen-bond acceptors (Lipinski definition) is 1. The summed E-state index contributed by atoms with van der Waals surface area (Å²) < 4.78 is 1.81. The molecular formula is C10H14BrNO. The van der Waals surface area contributed by atoms with Crippen LogP contribution in [0.3, 0.4) is 0 Å². The summed E-state index contributed by atoms with van der Waals surface area (Å²) in [5.41, 5.74) is 1.12. The van der Waals surface area contributed by atoms with Crippen molar-refractivity contribution < 1.29 is 0 Å². The van der Waals surface area contributed by atoms with Crippen molar-refractivity contribution >= 4 is 15.9 Å². The molecule has 0 saturated carbocycles. The van der Waals surface area contributed by atoms with E-state index in [0.29, 0.717) is 5.92 Å². The number of aromatic nitrogens is 1. The highest BCUT2D eigenvalue weighted by Gasteiger charge is 2.04. The molecule has 0 bridgehead atoms. The second-order valence-corrected chi connectivity index (χ2v) is 4.02. The molecule has 1 atom stereocenters. The maximum absolute atomic E-state index is 11.4. The van der Waals surface area contributed by atoms with Gasteiger partial charge in [-0.3, -0.25) is 4.79 Å². The summed E-state index contributed by atoms with van der Waals surface area (Å²) in [4.78, 5) is 11.4. The van der Waals surface area contributed by atoms with E-state index in [1.54, 1.807) is 12.1 Å². The summed E-state index contributed by atoms with van der Waals surface area (Å²) in [7, 11) is 0. The predicted molar refractivity (Wildman–Crippen MR) is 58.4 cm³/mol. The highest BCUT2D eigenvalue weighted by molar-refractivity contribution is 9.09. The molecule has 0 aliphatic rings. The van der Waals surface area contributed by atoms with E-state index in [4.69, 9.17) is 0 Å². The summed E-state index contributed by atoms with van der Waals surface area (Å²) in [6, 6.07) is 5.36. The van der Waals surface area contributed by atoms with Crippen molar-refractivity contribution in [1.29, 1.82) is 0 Å². The highest BCUT2D eigenvalue weighted by atomic mass is 79.9. The largest absolute Gasteiger partial charge is 0.313 e. The molecule has 0 amide bonds. The lowest BCUT2D eigenvalue weighted by atomic mass is 10.2. The first-order valence-electron chi connectivity index (χ1n) is 4.37. The smallest absolute Gasteiger partial charge is 0.250 e. The van der Waals surface area contributed by atoms with Gasteiger partial charge in [-0.15, -0.1) is 0 Å². The standard InChI is InChI=1S/C10H14BrNO/c1-8(6-11)7-12-9(2)4-3-5-10(12)13/h3-5,8H,6-7H2,1-2H3. The molecule has 13 heavy (non-hydrogen) atoms. The van der Waals surface area contributed by atoms with Crippen LogP contribution in [0.5, 0.6) is 0 Å². The Bertz CT molecular complexity index is 332. The quantitative estimate of drug-likeness (QED) is 0.747. The van der Waals surface area contributed by atoms with E-state index in [9.17, 15) is 4.79 Å². The number of aryl methyl sites for hydroxylation is 1. The number of nitrogens with zero attached hydrogens (tertiary/aromatic N) is 1. The Hall–Kier alpha value is -0.570. The fourth-order valence-corrected chi connectivity index (χ4v) is 1.42. The Kier molecular flexibility index (Phi) is 3.72. The molecular weight excluding hydrogens is 230 g/mol. The van der Waals surface area contributed by atoms with Crippen molar-refractivity contribution in [3.8, 4) is 0 Å². The molecule has 1 rings (SSSR count). The molecule has 72 valence electrons. The Balaban J connectivity index is 2.93. The third kappa shape index (κ3) is 2.69. The monoisotopic (exact) mass is 243 g/mol. The number of halogens is 1. The fourth-order valence-electron chi connectivity index (χ4n) is 1.22. The Morgan fingerprint density at radius 1 is 1.54 bits per heavy atom. The van der Waals surface area contributed by atoms with Crippen molar-refractivity contribution in [1.82, 2.24) is 4.57 Å². The van der Waals surface area contributed by atoms with E-state index in [2.05, 4.69) is 22.9 Å². The van der Waals surface area contributed by atoms with Gasteiger partial charge in [0.05, 0.1) is 0 Å². The Morgan fingerprint density at radius 3 is 2.77 bits per heavy atom. The predicted octanol–water partition coefficient (Wildman–Crippen LogP) is 2.19. The van der Waals surface area contributed by atoms with E-state index in [-0.39, 0.29) is 5.56 Å². The van der Waals surface area contributed by atoms with Gasteiger partial charge in [0.2, 0.25) is 0 Å². The van der Waals surface area contributed by atoms with E-state index < -0.39 is 0 Å². The fraction of sp³-hybridized carbons (Fsp3) is 0.500. The van der Waals surface area contributed by atoms with Crippen LogP contribution in [-0.4, -0.2) is 9.90 Å². The van der Waals surface area contributed by atoms with Crippen LogP contribution in [0.15, 0.2) is 23.0 Å². The maximum atomic E-state index is 11.4. The minimum atomic E-state index is 0.0906. The van der Waals surface area contributed by atoms with Crippen LogP contribution in [0.4, 0.5) is 0 Å². The molecule has 3 heteroatoms. The highest BCUT2D eigenvalue weighted by Crippen LogP contribution is 2.04. The third-order valence-corrected chi connectivity index (χ3v) is 3.13. The van der Waals surface area contributed by atoms with Gasteiger partial charge >= 0.3 is 0 Å². The van der Waals surface area contributed by atoms with Crippen molar-refractivity contribution in [2.75, 3.05) is 5.33 Å².